The first-order valence-corrected chi connectivity index (χ1v) is 12.2. The Labute approximate surface area is 202 Å². The Morgan fingerprint density at radius 2 is 1.94 bits per heavy atom. The van der Waals surface area contributed by atoms with Crippen LogP contribution in [0.2, 0.25) is 10.0 Å². The van der Waals surface area contributed by atoms with Gasteiger partial charge < -0.3 is 10.0 Å². The molecule has 1 saturated heterocycles. The van der Waals surface area contributed by atoms with Gasteiger partial charge >= 0.3 is 0 Å². The van der Waals surface area contributed by atoms with Gasteiger partial charge in [0.1, 0.15) is 0 Å². The van der Waals surface area contributed by atoms with Crippen molar-refractivity contribution in [2.24, 2.45) is 5.92 Å². The van der Waals surface area contributed by atoms with E-state index in [9.17, 15) is 9.90 Å². The Bertz CT molecular complexity index is 930. The van der Waals surface area contributed by atoms with Crippen molar-refractivity contribution in [2.75, 3.05) is 6.54 Å². The minimum atomic E-state index is -0.797. The number of likely N-dealkylation sites (tertiary alicyclic amines) is 1. The fraction of sp³-hybridized carbons (Fsp3) is 0.444. The van der Waals surface area contributed by atoms with Crippen LogP contribution in [0.25, 0.3) is 0 Å². The van der Waals surface area contributed by atoms with E-state index in [0.717, 1.165) is 24.0 Å². The summed E-state index contributed by atoms with van der Waals surface area (Å²) in [5.74, 6) is -0.164. The molecule has 2 unspecified atom stereocenters. The molecule has 2 aromatic rings. The first-order valence-electron chi connectivity index (χ1n) is 11.4. The van der Waals surface area contributed by atoms with E-state index in [-0.39, 0.29) is 17.7 Å². The third-order valence-corrected chi connectivity index (χ3v) is 7.42. The van der Waals surface area contributed by atoms with Crippen molar-refractivity contribution in [2.45, 2.75) is 63.5 Å². The number of hydrogen-bond acceptors (Lipinski definition) is 2. The SMILES string of the molecule is C=CC[C@@](CC)(C(O)[C@H](Cc1ccc(Cl)cc1)c1cccc(Cl)c1)N1CCCC(C)C1=O. The number of piperidine rings is 1. The molecular formula is C27H33Cl2NO2. The van der Waals surface area contributed by atoms with Gasteiger partial charge in [-0.1, -0.05) is 67.4 Å². The van der Waals surface area contributed by atoms with Gasteiger partial charge in [-0.15, -0.1) is 6.58 Å². The van der Waals surface area contributed by atoms with Crippen molar-refractivity contribution in [1.29, 1.82) is 0 Å². The van der Waals surface area contributed by atoms with E-state index in [0.29, 0.717) is 35.9 Å². The third-order valence-electron chi connectivity index (χ3n) is 6.93. The highest BCUT2D eigenvalue weighted by atomic mass is 35.5. The van der Waals surface area contributed by atoms with Crippen LogP contribution in [0, 0.1) is 5.92 Å². The molecule has 1 N–H and O–H groups in total. The molecule has 0 spiro atoms. The highest BCUT2D eigenvalue weighted by Crippen LogP contribution is 2.41. The van der Waals surface area contributed by atoms with Gasteiger partial charge in [-0.05, 0) is 67.5 Å². The summed E-state index contributed by atoms with van der Waals surface area (Å²) < 4.78 is 0. The summed E-state index contributed by atoms with van der Waals surface area (Å²) in [5, 5.41) is 13.4. The number of aliphatic hydroxyl groups is 1. The van der Waals surface area contributed by atoms with Gasteiger partial charge in [0.2, 0.25) is 5.91 Å². The molecule has 1 amide bonds. The van der Waals surface area contributed by atoms with Crippen LogP contribution in [-0.4, -0.2) is 34.1 Å². The van der Waals surface area contributed by atoms with Gasteiger partial charge in [-0.2, -0.15) is 0 Å². The summed E-state index contributed by atoms with van der Waals surface area (Å²) in [6, 6.07) is 15.4. The highest BCUT2D eigenvalue weighted by molar-refractivity contribution is 6.30. The van der Waals surface area contributed by atoms with Gasteiger partial charge in [0.05, 0.1) is 11.6 Å². The molecule has 0 aromatic heterocycles. The molecule has 0 aliphatic carbocycles. The summed E-state index contributed by atoms with van der Waals surface area (Å²) in [5.41, 5.74) is 1.30. The number of carbonyl (C=O) groups is 1. The number of carbonyl (C=O) groups excluding carboxylic acids is 1. The highest BCUT2D eigenvalue weighted by Gasteiger charge is 2.48. The molecule has 5 heteroatoms. The number of nitrogens with zero attached hydrogens (tertiary/aromatic N) is 1. The molecule has 32 heavy (non-hydrogen) atoms. The topological polar surface area (TPSA) is 40.5 Å². The minimum absolute atomic E-state index is 0.0347. The molecule has 0 saturated carbocycles. The lowest BCUT2D eigenvalue weighted by atomic mass is 9.72. The molecule has 3 nitrogen and oxygen atoms in total. The summed E-state index contributed by atoms with van der Waals surface area (Å²) in [4.78, 5) is 15.2. The number of amides is 1. The van der Waals surface area contributed by atoms with Crippen LogP contribution < -0.4 is 0 Å². The van der Waals surface area contributed by atoms with Gasteiger partial charge in [0, 0.05) is 28.4 Å². The normalized spacial score (nSPS) is 20.5. The molecule has 3 rings (SSSR count). The zero-order valence-electron chi connectivity index (χ0n) is 18.9. The first kappa shape index (κ1) is 24.8. The fourth-order valence-electron chi connectivity index (χ4n) is 5.08. The Kier molecular flexibility index (Phi) is 8.43. The maximum atomic E-state index is 13.3. The van der Waals surface area contributed by atoms with Crippen molar-refractivity contribution in [3.8, 4) is 0 Å². The first-order chi connectivity index (χ1) is 15.3. The predicted octanol–water partition coefficient (Wildman–Crippen LogP) is 6.66. The van der Waals surface area contributed by atoms with E-state index >= 15 is 0 Å². The van der Waals surface area contributed by atoms with E-state index in [2.05, 4.69) is 13.5 Å². The maximum absolute atomic E-state index is 13.3. The van der Waals surface area contributed by atoms with Crippen LogP contribution in [-0.2, 0) is 11.2 Å². The zero-order valence-corrected chi connectivity index (χ0v) is 20.4. The average Bonchev–Trinajstić information content (AvgIpc) is 2.79. The lowest BCUT2D eigenvalue weighted by molar-refractivity contribution is -0.153. The van der Waals surface area contributed by atoms with E-state index in [1.807, 2.05) is 66.4 Å². The monoisotopic (exact) mass is 473 g/mol. The van der Waals surface area contributed by atoms with E-state index in [1.165, 1.54) is 0 Å². The second kappa shape index (κ2) is 10.9. The zero-order chi connectivity index (χ0) is 23.3. The molecular weight excluding hydrogens is 441 g/mol. The van der Waals surface area contributed by atoms with Crippen molar-refractivity contribution in [1.82, 2.24) is 4.90 Å². The van der Waals surface area contributed by atoms with Crippen molar-refractivity contribution in [3.63, 3.8) is 0 Å². The van der Waals surface area contributed by atoms with Gasteiger partial charge in [-0.3, -0.25) is 4.79 Å². The van der Waals surface area contributed by atoms with Crippen LogP contribution in [0.15, 0.2) is 61.2 Å². The van der Waals surface area contributed by atoms with Gasteiger partial charge in [0.25, 0.3) is 0 Å². The number of benzene rings is 2. The Morgan fingerprint density at radius 3 is 2.56 bits per heavy atom. The molecule has 0 radical (unpaired) electrons. The number of aliphatic hydroxyl groups excluding tert-OH is 1. The smallest absolute Gasteiger partial charge is 0.225 e. The number of hydrogen-bond donors (Lipinski definition) is 1. The van der Waals surface area contributed by atoms with E-state index < -0.39 is 11.6 Å². The van der Waals surface area contributed by atoms with Gasteiger partial charge in [-0.25, -0.2) is 0 Å². The van der Waals surface area contributed by atoms with Gasteiger partial charge in [0.15, 0.2) is 0 Å². The molecule has 2 aromatic carbocycles. The quantitative estimate of drug-likeness (QED) is 0.413. The number of rotatable bonds is 9. The Morgan fingerprint density at radius 1 is 1.22 bits per heavy atom. The van der Waals surface area contributed by atoms with Crippen molar-refractivity contribution in [3.05, 3.63) is 82.4 Å². The van der Waals surface area contributed by atoms with Crippen LogP contribution in [0.4, 0.5) is 0 Å². The summed E-state index contributed by atoms with van der Waals surface area (Å²) >= 11 is 12.4. The lowest BCUT2D eigenvalue weighted by Crippen LogP contribution is -2.62. The van der Waals surface area contributed by atoms with Crippen LogP contribution in [0.1, 0.15) is 56.6 Å². The summed E-state index contributed by atoms with van der Waals surface area (Å²) in [6.07, 6.45) is 4.64. The third kappa shape index (κ3) is 5.22. The molecule has 1 aliphatic rings. The standard InChI is InChI=1S/C27H33Cl2NO2/c1-4-15-27(5-2,30-16-7-8-19(3)26(30)32)25(31)24(21-9-6-10-23(29)18-21)17-20-11-13-22(28)14-12-20/h4,6,9-14,18-19,24-25,31H,1,5,7-8,15-17H2,2-3H3/t19?,24-,25?,27+/m1/s1. The molecule has 1 aliphatic heterocycles. The fourth-order valence-corrected chi connectivity index (χ4v) is 5.40. The second-order valence-corrected chi connectivity index (χ2v) is 9.79. The van der Waals surface area contributed by atoms with Crippen LogP contribution in [0.3, 0.4) is 0 Å². The van der Waals surface area contributed by atoms with Crippen LogP contribution in [0.5, 0.6) is 0 Å². The minimum Gasteiger partial charge on any atom is -0.390 e. The predicted molar refractivity (Wildman–Crippen MR) is 133 cm³/mol. The largest absolute Gasteiger partial charge is 0.390 e. The summed E-state index contributed by atoms with van der Waals surface area (Å²) in [7, 11) is 0. The second-order valence-electron chi connectivity index (χ2n) is 8.92. The average molecular weight is 474 g/mol. The molecule has 4 atom stereocenters. The van der Waals surface area contributed by atoms with Crippen LogP contribution >= 0.6 is 23.2 Å². The van der Waals surface area contributed by atoms with E-state index in [1.54, 1.807) is 0 Å². The molecule has 1 heterocycles. The maximum Gasteiger partial charge on any atom is 0.225 e. The Balaban J connectivity index is 2.07. The summed E-state index contributed by atoms with van der Waals surface area (Å²) in [6.45, 7) is 8.66. The lowest BCUT2D eigenvalue weighted by Gasteiger charge is -2.51. The Hall–Kier alpha value is -1.81. The molecule has 1 fully saturated rings. The van der Waals surface area contributed by atoms with Crippen molar-refractivity contribution < 1.29 is 9.90 Å². The molecule has 172 valence electrons. The molecule has 0 bridgehead atoms. The van der Waals surface area contributed by atoms with E-state index in [4.69, 9.17) is 23.2 Å². The number of halogens is 2. The van der Waals surface area contributed by atoms with Crippen molar-refractivity contribution >= 4 is 29.1 Å².